The van der Waals surface area contributed by atoms with E-state index in [1.165, 1.54) is 6.07 Å². The molecule has 0 aliphatic rings. The van der Waals surface area contributed by atoms with Crippen molar-refractivity contribution in [2.75, 3.05) is 0 Å². The summed E-state index contributed by atoms with van der Waals surface area (Å²) in [5.41, 5.74) is 11.7. The predicted octanol–water partition coefficient (Wildman–Crippen LogP) is 5.03. The fourth-order valence-electron chi connectivity index (χ4n) is 2.54. The molecule has 2 rings (SSSR count). The first kappa shape index (κ1) is 17.5. The van der Waals surface area contributed by atoms with Gasteiger partial charge in [-0.05, 0) is 53.7 Å². The summed E-state index contributed by atoms with van der Waals surface area (Å²) in [5.74, 6) is -0.575. The summed E-state index contributed by atoms with van der Waals surface area (Å²) < 4.78 is 19.5. The normalized spacial score (nSPS) is 10.2. The van der Waals surface area contributed by atoms with Crippen LogP contribution >= 0.6 is 0 Å². The molecule has 0 bridgehead atoms. The van der Waals surface area contributed by atoms with Crippen molar-refractivity contribution in [2.45, 2.75) is 33.8 Å². The molecule has 0 saturated heterocycles. The van der Waals surface area contributed by atoms with Gasteiger partial charge in [0.05, 0.1) is 0 Å². The summed E-state index contributed by atoms with van der Waals surface area (Å²) in [6.45, 7) is 5.57. The molecule has 124 valence electrons. The van der Waals surface area contributed by atoms with Crippen LogP contribution in [-0.2, 0) is 13.0 Å². The van der Waals surface area contributed by atoms with Gasteiger partial charge in [-0.3, -0.25) is 4.79 Å². The van der Waals surface area contributed by atoms with Gasteiger partial charge in [0.25, 0.3) is 0 Å². The Kier molecular flexibility index (Phi) is 5.55. The fourth-order valence-corrected chi connectivity index (χ4v) is 2.54. The first-order chi connectivity index (χ1) is 11.5. The number of ether oxygens (including phenoxy) is 1. The Balaban J connectivity index is 2.37. The van der Waals surface area contributed by atoms with E-state index in [1.54, 1.807) is 25.1 Å². The zero-order valence-corrected chi connectivity index (χ0v) is 13.8. The second-order valence-electron chi connectivity index (χ2n) is 5.45. The molecule has 2 aromatic rings. The van der Waals surface area contributed by atoms with Crippen LogP contribution in [0.1, 0.15) is 39.5 Å². The molecular weight excluding hydrogens is 309 g/mol. The van der Waals surface area contributed by atoms with Crippen LogP contribution in [0.5, 0.6) is 5.75 Å². The van der Waals surface area contributed by atoms with E-state index in [9.17, 15) is 9.18 Å². The zero-order valence-electron chi connectivity index (χ0n) is 13.8. The molecule has 0 saturated carbocycles. The fraction of sp³-hybridized carbons (Fsp3) is 0.278. The molecule has 0 aliphatic carbocycles. The lowest BCUT2D eigenvalue weighted by Gasteiger charge is -2.15. The number of carbonyl (C=O) groups is 1. The van der Waals surface area contributed by atoms with E-state index in [-0.39, 0.29) is 12.4 Å². The highest BCUT2D eigenvalue weighted by atomic mass is 19.1. The molecule has 2 aromatic carbocycles. The molecule has 0 atom stereocenters. The van der Waals surface area contributed by atoms with Gasteiger partial charge >= 0.3 is 0 Å². The first-order valence-electron chi connectivity index (χ1n) is 7.57. The van der Waals surface area contributed by atoms with E-state index >= 15 is 0 Å². The molecule has 6 heteroatoms. The quantitative estimate of drug-likeness (QED) is 0.438. The highest BCUT2D eigenvalue weighted by Gasteiger charge is 2.14. The third-order valence-corrected chi connectivity index (χ3v) is 3.85. The number of hydrogen-bond acceptors (Lipinski definition) is 2. The van der Waals surface area contributed by atoms with E-state index in [2.05, 4.69) is 10.0 Å². The summed E-state index contributed by atoms with van der Waals surface area (Å²) in [6, 6.07) is 8.27. The van der Waals surface area contributed by atoms with E-state index in [0.29, 0.717) is 28.9 Å². The SMILES string of the molecule is CCc1cccc(C(=O)N=[N+]=[N-])c1COc1cc(F)c(C)cc1C. The van der Waals surface area contributed by atoms with Gasteiger partial charge in [0.1, 0.15) is 18.2 Å². The van der Waals surface area contributed by atoms with Crippen molar-refractivity contribution in [3.63, 3.8) is 0 Å². The zero-order chi connectivity index (χ0) is 17.7. The van der Waals surface area contributed by atoms with E-state index in [4.69, 9.17) is 10.3 Å². The number of azide groups is 1. The Morgan fingerprint density at radius 1 is 1.29 bits per heavy atom. The molecule has 0 radical (unpaired) electrons. The smallest absolute Gasteiger partial charge is 0.249 e. The Hall–Kier alpha value is -2.85. The van der Waals surface area contributed by atoms with Gasteiger partial charge in [0.15, 0.2) is 0 Å². The average Bonchev–Trinajstić information content (AvgIpc) is 2.56. The molecule has 0 N–H and O–H groups in total. The van der Waals surface area contributed by atoms with Crippen LogP contribution in [0.25, 0.3) is 10.4 Å². The van der Waals surface area contributed by atoms with Gasteiger partial charge < -0.3 is 4.74 Å². The lowest BCUT2D eigenvalue weighted by Crippen LogP contribution is -2.08. The van der Waals surface area contributed by atoms with Crippen molar-refractivity contribution < 1.29 is 13.9 Å². The van der Waals surface area contributed by atoms with Crippen LogP contribution in [-0.4, -0.2) is 5.91 Å². The standard InChI is InChI=1S/C18H18FN3O2/c1-4-13-6-5-7-14(18(23)21-22-20)15(13)10-24-17-9-16(19)11(2)8-12(17)3/h5-9H,4,10H2,1-3H3. The minimum absolute atomic E-state index is 0.0926. The summed E-state index contributed by atoms with van der Waals surface area (Å²) in [4.78, 5) is 14.5. The summed E-state index contributed by atoms with van der Waals surface area (Å²) in [6.07, 6.45) is 0.692. The highest BCUT2D eigenvalue weighted by Crippen LogP contribution is 2.25. The van der Waals surface area contributed by atoms with E-state index < -0.39 is 5.91 Å². The number of benzene rings is 2. The minimum Gasteiger partial charge on any atom is -0.488 e. The van der Waals surface area contributed by atoms with Gasteiger partial charge in [0, 0.05) is 22.1 Å². The Morgan fingerprint density at radius 3 is 2.71 bits per heavy atom. The maximum absolute atomic E-state index is 13.7. The molecule has 0 aliphatic heterocycles. The highest BCUT2D eigenvalue weighted by molar-refractivity contribution is 5.96. The lowest BCUT2D eigenvalue weighted by atomic mass is 9.99. The molecule has 0 spiro atoms. The molecule has 0 fully saturated rings. The average molecular weight is 327 g/mol. The van der Waals surface area contributed by atoms with Crippen LogP contribution in [0.2, 0.25) is 0 Å². The summed E-state index contributed by atoms with van der Waals surface area (Å²) >= 11 is 0. The lowest BCUT2D eigenvalue weighted by molar-refractivity contribution is 0.0997. The second kappa shape index (κ2) is 7.62. The number of amides is 1. The van der Waals surface area contributed by atoms with E-state index in [0.717, 1.165) is 11.1 Å². The van der Waals surface area contributed by atoms with Crippen molar-refractivity contribution in [1.29, 1.82) is 0 Å². The number of hydrogen-bond donors (Lipinski definition) is 0. The molecule has 1 amide bonds. The molecule has 0 aromatic heterocycles. The largest absolute Gasteiger partial charge is 0.488 e. The van der Waals surface area contributed by atoms with Gasteiger partial charge in [-0.15, -0.1) is 0 Å². The molecule has 5 nitrogen and oxygen atoms in total. The minimum atomic E-state index is -0.654. The Bertz CT molecular complexity index is 827. The van der Waals surface area contributed by atoms with Gasteiger partial charge in [-0.1, -0.05) is 25.1 Å². The number of halogens is 1. The van der Waals surface area contributed by atoms with Crippen molar-refractivity contribution >= 4 is 5.91 Å². The maximum Gasteiger partial charge on any atom is 0.249 e. The topological polar surface area (TPSA) is 75.1 Å². The molecule has 0 unspecified atom stereocenters. The van der Waals surface area contributed by atoms with E-state index in [1.807, 2.05) is 19.9 Å². The number of rotatable bonds is 5. The molecular formula is C18H18FN3O2. The van der Waals surface area contributed by atoms with Crippen molar-refractivity contribution in [3.05, 3.63) is 74.4 Å². The number of carbonyl (C=O) groups excluding carboxylic acids is 1. The van der Waals surface area contributed by atoms with Crippen molar-refractivity contribution in [3.8, 4) is 5.75 Å². The maximum atomic E-state index is 13.7. The Morgan fingerprint density at radius 2 is 2.04 bits per heavy atom. The third-order valence-electron chi connectivity index (χ3n) is 3.85. The first-order valence-corrected chi connectivity index (χ1v) is 7.57. The third kappa shape index (κ3) is 3.73. The summed E-state index contributed by atoms with van der Waals surface area (Å²) in [5, 5.41) is 3.16. The monoisotopic (exact) mass is 327 g/mol. The second-order valence-corrected chi connectivity index (χ2v) is 5.45. The molecule has 0 heterocycles. The van der Waals surface area contributed by atoms with Crippen LogP contribution in [0.3, 0.4) is 0 Å². The van der Waals surface area contributed by atoms with Gasteiger partial charge in [-0.2, -0.15) is 0 Å². The van der Waals surface area contributed by atoms with Crippen LogP contribution < -0.4 is 4.74 Å². The van der Waals surface area contributed by atoms with Gasteiger partial charge in [0.2, 0.25) is 5.91 Å². The predicted molar refractivity (Wildman–Crippen MR) is 89.5 cm³/mol. The Labute approximate surface area is 139 Å². The summed E-state index contributed by atoms with van der Waals surface area (Å²) in [7, 11) is 0. The van der Waals surface area contributed by atoms with Crippen LogP contribution in [0.4, 0.5) is 4.39 Å². The van der Waals surface area contributed by atoms with Crippen molar-refractivity contribution in [2.24, 2.45) is 5.11 Å². The number of aryl methyl sites for hydroxylation is 3. The molecule has 24 heavy (non-hydrogen) atoms. The van der Waals surface area contributed by atoms with Crippen molar-refractivity contribution in [1.82, 2.24) is 0 Å². The van der Waals surface area contributed by atoms with Gasteiger partial charge in [-0.25, -0.2) is 4.39 Å². The number of nitrogens with zero attached hydrogens (tertiary/aromatic N) is 3. The van der Waals surface area contributed by atoms with Crippen LogP contribution in [0, 0.1) is 19.7 Å². The van der Waals surface area contributed by atoms with Crippen LogP contribution in [0.15, 0.2) is 35.4 Å².